The van der Waals surface area contributed by atoms with Gasteiger partial charge in [0.2, 0.25) is 0 Å². The molecule has 0 aliphatic rings. The predicted molar refractivity (Wildman–Crippen MR) is 92.3 cm³/mol. The predicted octanol–water partition coefficient (Wildman–Crippen LogP) is 3.75. The van der Waals surface area contributed by atoms with Crippen LogP contribution in [0.5, 0.6) is 5.75 Å². The van der Waals surface area contributed by atoms with Crippen LogP contribution in [0.2, 0.25) is 5.02 Å². The van der Waals surface area contributed by atoms with Crippen LogP contribution in [-0.2, 0) is 11.0 Å². The van der Waals surface area contributed by atoms with Gasteiger partial charge in [-0.15, -0.1) is 0 Å². The second-order valence-corrected chi connectivity index (χ2v) is 5.71. The molecule has 1 heterocycles. The lowest BCUT2D eigenvalue weighted by molar-refractivity contribution is -0.137. The SMILES string of the molecule is CC(Oc1ccccc1Cl)C(=O)NCCNc1ncccc1C(F)(F)F. The van der Waals surface area contributed by atoms with Crippen LogP contribution in [0.4, 0.5) is 19.0 Å². The number of anilines is 1. The minimum atomic E-state index is -4.50. The summed E-state index contributed by atoms with van der Waals surface area (Å²) in [5, 5.41) is 5.52. The first-order valence-corrected chi connectivity index (χ1v) is 8.12. The zero-order valence-electron chi connectivity index (χ0n) is 13.8. The molecule has 140 valence electrons. The van der Waals surface area contributed by atoms with Gasteiger partial charge >= 0.3 is 6.18 Å². The highest BCUT2D eigenvalue weighted by Crippen LogP contribution is 2.33. The number of hydrogen-bond acceptors (Lipinski definition) is 4. The second kappa shape index (κ2) is 8.75. The van der Waals surface area contributed by atoms with E-state index in [0.29, 0.717) is 10.8 Å². The van der Waals surface area contributed by atoms with Crippen molar-refractivity contribution in [2.24, 2.45) is 0 Å². The van der Waals surface area contributed by atoms with Gasteiger partial charge < -0.3 is 15.4 Å². The average molecular weight is 388 g/mol. The van der Waals surface area contributed by atoms with Crippen molar-refractivity contribution in [3.63, 3.8) is 0 Å². The van der Waals surface area contributed by atoms with Crippen LogP contribution in [0.1, 0.15) is 12.5 Å². The Morgan fingerprint density at radius 3 is 2.65 bits per heavy atom. The lowest BCUT2D eigenvalue weighted by Gasteiger charge is -2.16. The Labute approximate surface area is 153 Å². The first kappa shape index (κ1) is 19.8. The standard InChI is InChI=1S/C17H17ClF3N3O2/c1-11(26-14-7-3-2-6-13(14)18)16(25)24-10-9-23-15-12(17(19,20)21)5-4-8-22-15/h2-8,11H,9-10H2,1H3,(H,22,23)(H,24,25). The van der Waals surface area contributed by atoms with Crippen LogP contribution in [0.15, 0.2) is 42.6 Å². The van der Waals surface area contributed by atoms with E-state index in [-0.39, 0.29) is 18.9 Å². The van der Waals surface area contributed by atoms with E-state index in [1.807, 2.05) is 0 Å². The van der Waals surface area contributed by atoms with Gasteiger partial charge in [-0.3, -0.25) is 4.79 Å². The van der Waals surface area contributed by atoms with E-state index in [1.54, 1.807) is 31.2 Å². The summed E-state index contributed by atoms with van der Waals surface area (Å²) in [6.45, 7) is 1.72. The molecule has 2 rings (SSSR count). The topological polar surface area (TPSA) is 63.2 Å². The van der Waals surface area contributed by atoms with Gasteiger partial charge in [0.05, 0.1) is 10.6 Å². The van der Waals surface area contributed by atoms with E-state index in [9.17, 15) is 18.0 Å². The molecule has 0 saturated heterocycles. The highest BCUT2D eigenvalue weighted by atomic mass is 35.5. The summed E-state index contributed by atoms with van der Waals surface area (Å²) in [6, 6.07) is 8.88. The summed E-state index contributed by atoms with van der Waals surface area (Å²) in [7, 11) is 0. The number of hydrogen-bond donors (Lipinski definition) is 2. The van der Waals surface area contributed by atoms with E-state index in [4.69, 9.17) is 16.3 Å². The van der Waals surface area contributed by atoms with Gasteiger partial charge in [-0.1, -0.05) is 23.7 Å². The number of alkyl halides is 3. The molecule has 1 unspecified atom stereocenters. The Kier molecular flexibility index (Phi) is 6.68. The van der Waals surface area contributed by atoms with Gasteiger partial charge in [-0.25, -0.2) is 4.98 Å². The fourth-order valence-electron chi connectivity index (χ4n) is 2.07. The fourth-order valence-corrected chi connectivity index (χ4v) is 2.25. The maximum atomic E-state index is 12.9. The van der Waals surface area contributed by atoms with Crippen LogP contribution in [0.3, 0.4) is 0 Å². The van der Waals surface area contributed by atoms with E-state index < -0.39 is 23.8 Å². The van der Waals surface area contributed by atoms with Crippen LogP contribution in [0, 0.1) is 0 Å². The van der Waals surface area contributed by atoms with Crippen molar-refractivity contribution in [2.45, 2.75) is 19.2 Å². The molecular weight excluding hydrogens is 371 g/mol. The smallest absolute Gasteiger partial charge is 0.419 e. The summed E-state index contributed by atoms with van der Waals surface area (Å²) < 4.78 is 44.0. The normalized spacial score (nSPS) is 12.3. The number of carbonyl (C=O) groups excluding carboxylic acids is 1. The molecule has 0 bridgehead atoms. The lowest BCUT2D eigenvalue weighted by Crippen LogP contribution is -2.38. The summed E-state index contributed by atoms with van der Waals surface area (Å²) in [5.74, 6) is -0.323. The Bertz CT molecular complexity index is 756. The Hall–Kier alpha value is -2.48. The Morgan fingerprint density at radius 1 is 1.23 bits per heavy atom. The molecule has 0 radical (unpaired) electrons. The molecule has 2 aromatic rings. The fraction of sp³-hybridized carbons (Fsp3) is 0.294. The zero-order chi connectivity index (χ0) is 19.2. The number of amides is 1. The highest BCUT2D eigenvalue weighted by molar-refractivity contribution is 6.32. The molecule has 1 aromatic heterocycles. The Balaban J connectivity index is 1.81. The molecule has 5 nitrogen and oxygen atoms in total. The third-order valence-electron chi connectivity index (χ3n) is 3.34. The molecule has 1 atom stereocenters. The number of para-hydroxylation sites is 1. The van der Waals surface area contributed by atoms with Gasteiger partial charge in [0.15, 0.2) is 6.10 Å². The number of nitrogens with one attached hydrogen (secondary N) is 2. The molecule has 1 amide bonds. The summed E-state index contributed by atoms with van der Waals surface area (Å²) in [4.78, 5) is 15.7. The number of aromatic nitrogens is 1. The number of halogens is 4. The highest BCUT2D eigenvalue weighted by Gasteiger charge is 2.33. The van der Waals surface area contributed by atoms with E-state index in [1.165, 1.54) is 12.3 Å². The molecular formula is C17H17ClF3N3O2. The first-order valence-electron chi connectivity index (χ1n) is 7.74. The Morgan fingerprint density at radius 2 is 1.96 bits per heavy atom. The van der Waals surface area contributed by atoms with E-state index in [2.05, 4.69) is 15.6 Å². The number of pyridine rings is 1. The number of nitrogens with zero attached hydrogens (tertiary/aromatic N) is 1. The van der Waals surface area contributed by atoms with Crippen molar-refractivity contribution >= 4 is 23.3 Å². The molecule has 0 spiro atoms. The minimum Gasteiger partial charge on any atom is -0.479 e. The van der Waals surface area contributed by atoms with Crippen LogP contribution in [-0.4, -0.2) is 30.1 Å². The maximum absolute atomic E-state index is 12.9. The largest absolute Gasteiger partial charge is 0.479 e. The van der Waals surface area contributed by atoms with Crippen molar-refractivity contribution < 1.29 is 22.7 Å². The quantitative estimate of drug-likeness (QED) is 0.710. The summed E-state index contributed by atoms with van der Waals surface area (Å²) in [5.41, 5.74) is -0.859. The van der Waals surface area contributed by atoms with Crippen LogP contribution < -0.4 is 15.4 Å². The second-order valence-electron chi connectivity index (χ2n) is 5.31. The van der Waals surface area contributed by atoms with Gasteiger partial charge in [-0.05, 0) is 31.2 Å². The van der Waals surface area contributed by atoms with Crippen molar-refractivity contribution in [1.29, 1.82) is 0 Å². The van der Waals surface area contributed by atoms with Crippen LogP contribution in [0.25, 0.3) is 0 Å². The van der Waals surface area contributed by atoms with Crippen molar-refractivity contribution in [1.82, 2.24) is 10.3 Å². The molecule has 0 aliphatic carbocycles. The zero-order valence-corrected chi connectivity index (χ0v) is 14.6. The van der Waals surface area contributed by atoms with E-state index in [0.717, 1.165) is 6.07 Å². The maximum Gasteiger partial charge on any atom is 0.419 e. The summed E-state index contributed by atoms with van der Waals surface area (Å²) >= 11 is 5.95. The number of ether oxygens (including phenoxy) is 1. The molecule has 9 heteroatoms. The van der Waals surface area contributed by atoms with Crippen molar-refractivity contribution in [2.75, 3.05) is 18.4 Å². The molecule has 2 N–H and O–H groups in total. The minimum absolute atomic E-state index is 0.0741. The molecule has 0 saturated carbocycles. The number of rotatable bonds is 7. The monoisotopic (exact) mass is 387 g/mol. The third kappa shape index (κ3) is 5.52. The first-order chi connectivity index (χ1) is 12.3. The average Bonchev–Trinajstić information content (AvgIpc) is 2.60. The van der Waals surface area contributed by atoms with Crippen LogP contribution >= 0.6 is 11.6 Å². The number of carbonyl (C=O) groups is 1. The van der Waals surface area contributed by atoms with Crippen molar-refractivity contribution in [3.05, 3.63) is 53.2 Å². The lowest BCUT2D eigenvalue weighted by atomic mass is 10.2. The summed E-state index contributed by atoms with van der Waals surface area (Å²) in [6.07, 6.45) is -4.05. The third-order valence-corrected chi connectivity index (χ3v) is 3.65. The van der Waals surface area contributed by atoms with Gasteiger partial charge in [0.25, 0.3) is 5.91 Å². The van der Waals surface area contributed by atoms with Gasteiger partial charge in [0, 0.05) is 19.3 Å². The number of benzene rings is 1. The molecule has 1 aromatic carbocycles. The van der Waals surface area contributed by atoms with Crippen molar-refractivity contribution in [3.8, 4) is 5.75 Å². The molecule has 0 fully saturated rings. The van der Waals surface area contributed by atoms with E-state index >= 15 is 0 Å². The molecule has 26 heavy (non-hydrogen) atoms. The molecule has 0 aliphatic heterocycles. The van der Waals surface area contributed by atoms with Gasteiger partial charge in [0.1, 0.15) is 11.6 Å². The van der Waals surface area contributed by atoms with Gasteiger partial charge in [-0.2, -0.15) is 13.2 Å².